The van der Waals surface area contributed by atoms with Gasteiger partial charge in [0.15, 0.2) is 0 Å². The van der Waals surface area contributed by atoms with Gasteiger partial charge in [0, 0.05) is 0 Å². The van der Waals surface area contributed by atoms with Crippen LogP contribution in [0, 0.1) is 6.92 Å². The molecule has 2 rings (SSSR count). The first-order valence-corrected chi connectivity index (χ1v) is 7.37. The van der Waals surface area contributed by atoms with Crippen LogP contribution < -0.4 is 4.74 Å². The summed E-state index contributed by atoms with van der Waals surface area (Å²) >= 11 is 0. The zero-order valence-electron chi connectivity index (χ0n) is 13.3. The van der Waals surface area contributed by atoms with Crippen LogP contribution in [0.2, 0.25) is 0 Å². The SMILES string of the molecule is CC.CC.CCC1(c2ccc(C)c(OC)c2)CC1. The number of hydrogen-bond donors (Lipinski definition) is 0. The van der Waals surface area contributed by atoms with Gasteiger partial charge < -0.3 is 4.74 Å². The standard InChI is InChI=1S/C13H18O.2C2H6/c1-4-13(7-8-13)11-6-5-10(2)12(9-11)14-3;2*1-2/h5-6,9H,4,7-8H2,1-3H3;2*1-2H3. The Morgan fingerprint density at radius 1 is 1.11 bits per heavy atom. The van der Waals surface area contributed by atoms with Gasteiger partial charge in [-0.25, -0.2) is 0 Å². The summed E-state index contributed by atoms with van der Waals surface area (Å²) in [5.74, 6) is 1.03. The molecule has 0 saturated heterocycles. The van der Waals surface area contributed by atoms with Gasteiger partial charge in [-0.3, -0.25) is 0 Å². The molecule has 0 amide bonds. The number of benzene rings is 1. The molecule has 0 aliphatic heterocycles. The van der Waals surface area contributed by atoms with Crippen molar-refractivity contribution in [3.8, 4) is 5.75 Å². The third-order valence-corrected chi connectivity index (χ3v) is 3.55. The average Bonchev–Trinajstić information content (AvgIpc) is 3.25. The Bertz CT molecular complexity index is 337. The molecule has 0 radical (unpaired) electrons. The van der Waals surface area contributed by atoms with Crippen LogP contribution in [0.25, 0.3) is 0 Å². The van der Waals surface area contributed by atoms with Gasteiger partial charge in [0.2, 0.25) is 0 Å². The van der Waals surface area contributed by atoms with Crippen molar-refractivity contribution in [2.75, 3.05) is 7.11 Å². The van der Waals surface area contributed by atoms with E-state index in [1.165, 1.54) is 30.4 Å². The molecule has 1 aliphatic carbocycles. The Balaban J connectivity index is 0.000000659. The van der Waals surface area contributed by atoms with E-state index < -0.39 is 0 Å². The summed E-state index contributed by atoms with van der Waals surface area (Å²) in [5.41, 5.74) is 3.17. The van der Waals surface area contributed by atoms with Gasteiger partial charge in [-0.15, -0.1) is 0 Å². The Labute approximate surface area is 114 Å². The topological polar surface area (TPSA) is 9.23 Å². The van der Waals surface area contributed by atoms with Crippen LogP contribution in [0.5, 0.6) is 5.75 Å². The molecule has 1 nitrogen and oxygen atoms in total. The lowest BCUT2D eigenvalue weighted by Crippen LogP contribution is -2.04. The summed E-state index contributed by atoms with van der Waals surface area (Å²) in [5, 5.41) is 0. The molecule has 0 heterocycles. The minimum atomic E-state index is 0.487. The van der Waals surface area contributed by atoms with Crippen LogP contribution in [0.3, 0.4) is 0 Å². The molecule has 0 spiro atoms. The summed E-state index contributed by atoms with van der Waals surface area (Å²) in [7, 11) is 1.75. The highest BCUT2D eigenvalue weighted by Gasteiger charge is 2.42. The molecule has 0 bridgehead atoms. The van der Waals surface area contributed by atoms with E-state index in [4.69, 9.17) is 4.74 Å². The molecular formula is C17H30O. The summed E-state index contributed by atoms with van der Waals surface area (Å²) in [4.78, 5) is 0. The van der Waals surface area contributed by atoms with Gasteiger partial charge in [0.25, 0.3) is 0 Å². The molecule has 0 atom stereocenters. The average molecular weight is 250 g/mol. The van der Waals surface area contributed by atoms with E-state index in [0.29, 0.717) is 5.41 Å². The molecule has 1 aromatic carbocycles. The first-order chi connectivity index (χ1) is 8.72. The van der Waals surface area contributed by atoms with Gasteiger partial charge in [-0.1, -0.05) is 46.8 Å². The summed E-state index contributed by atoms with van der Waals surface area (Å²) in [6.07, 6.45) is 3.94. The van der Waals surface area contributed by atoms with Crippen molar-refractivity contribution >= 4 is 0 Å². The minimum absolute atomic E-state index is 0.487. The number of rotatable bonds is 3. The Morgan fingerprint density at radius 2 is 1.67 bits per heavy atom. The first-order valence-electron chi connectivity index (χ1n) is 7.37. The highest BCUT2D eigenvalue weighted by atomic mass is 16.5. The van der Waals surface area contributed by atoms with Gasteiger partial charge in [-0.05, 0) is 48.8 Å². The maximum Gasteiger partial charge on any atom is 0.122 e. The molecule has 0 N–H and O–H groups in total. The van der Waals surface area contributed by atoms with E-state index in [1.54, 1.807) is 7.11 Å². The van der Waals surface area contributed by atoms with Gasteiger partial charge in [0.1, 0.15) is 5.75 Å². The molecule has 1 heteroatoms. The van der Waals surface area contributed by atoms with Gasteiger partial charge in [-0.2, -0.15) is 0 Å². The smallest absolute Gasteiger partial charge is 0.122 e. The van der Waals surface area contributed by atoms with Crippen molar-refractivity contribution < 1.29 is 4.74 Å². The van der Waals surface area contributed by atoms with Crippen LogP contribution in [0.1, 0.15) is 65.0 Å². The number of aryl methyl sites for hydroxylation is 1. The van der Waals surface area contributed by atoms with E-state index in [1.807, 2.05) is 27.7 Å². The predicted octanol–water partition coefficient (Wildman–Crippen LogP) is 5.50. The fraction of sp³-hybridized carbons (Fsp3) is 0.647. The molecule has 1 fully saturated rings. The lowest BCUT2D eigenvalue weighted by molar-refractivity contribution is 0.410. The summed E-state index contributed by atoms with van der Waals surface area (Å²) < 4.78 is 5.35. The Kier molecular flexibility index (Phi) is 7.73. The number of methoxy groups -OCH3 is 1. The van der Waals surface area contributed by atoms with E-state index in [9.17, 15) is 0 Å². The van der Waals surface area contributed by atoms with Crippen molar-refractivity contribution in [3.63, 3.8) is 0 Å². The lowest BCUT2D eigenvalue weighted by Gasteiger charge is -2.15. The molecule has 104 valence electrons. The van der Waals surface area contributed by atoms with Gasteiger partial charge >= 0.3 is 0 Å². The maximum atomic E-state index is 5.35. The van der Waals surface area contributed by atoms with Crippen molar-refractivity contribution in [1.82, 2.24) is 0 Å². The molecule has 0 unspecified atom stereocenters. The number of ether oxygens (including phenoxy) is 1. The highest BCUT2D eigenvalue weighted by molar-refractivity contribution is 5.42. The molecule has 1 aliphatic rings. The second-order valence-corrected chi connectivity index (χ2v) is 4.32. The van der Waals surface area contributed by atoms with Crippen molar-refractivity contribution in [1.29, 1.82) is 0 Å². The first kappa shape index (κ1) is 17.0. The zero-order valence-corrected chi connectivity index (χ0v) is 13.3. The third-order valence-electron chi connectivity index (χ3n) is 3.55. The van der Waals surface area contributed by atoms with Crippen molar-refractivity contribution in [3.05, 3.63) is 29.3 Å². The van der Waals surface area contributed by atoms with Crippen molar-refractivity contribution in [2.24, 2.45) is 0 Å². The molecule has 1 saturated carbocycles. The quantitative estimate of drug-likeness (QED) is 0.688. The van der Waals surface area contributed by atoms with E-state index >= 15 is 0 Å². The summed E-state index contributed by atoms with van der Waals surface area (Å²) in [6, 6.07) is 6.64. The monoisotopic (exact) mass is 250 g/mol. The van der Waals surface area contributed by atoms with Crippen LogP contribution in [-0.2, 0) is 5.41 Å². The maximum absolute atomic E-state index is 5.35. The van der Waals surface area contributed by atoms with E-state index in [0.717, 1.165) is 5.75 Å². The van der Waals surface area contributed by atoms with Crippen LogP contribution in [0.4, 0.5) is 0 Å². The lowest BCUT2D eigenvalue weighted by atomic mass is 9.92. The van der Waals surface area contributed by atoms with E-state index in [2.05, 4.69) is 32.0 Å². The summed E-state index contributed by atoms with van der Waals surface area (Å²) in [6.45, 7) is 12.4. The fourth-order valence-electron chi connectivity index (χ4n) is 2.15. The normalized spacial score (nSPS) is 14.6. The zero-order chi connectivity index (χ0) is 14.2. The third kappa shape index (κ3) is 3.76. The van der Waals surface area contributed by atoms with Crippen molar-refractivity contribution in [2.45, 2.75) is 66.2 Å². The molecule has 0 aromatic heterocycles. The predicted molar refractivity (Wildman–Crippen MR) is 81.6 cm³/mol. The molecule has 18 heavy (non-hydrogen) atoms. The Morgan fingerprint density at radius 3 is 2.06 bits per heavy atom. The second-order valence-electron chi connectivity index (χ2n) is 4.32. The van der Waals surface area contributed by atoms with Crippen LogP contribution in [-0.4, -0.2) is 7.11 Å². The fourth-order valence-corrected chi connectivity index (χ4v) is 2.15. The molecule has 1 aromatic rings. The Hall–Kier alpha value is -0.980. The highest BCUT2D eigenvalue weighted by Crippen LogP contribution is 2.51. The van der Waals surface area contributed by atoms with Gasteiger partial charge in [0.05, 0.1) is 7.11 Å². The largest absolute Gasteiger partial charge is 0.496 e. The van der Waals surface area contributed by atoms with Crippen LogP contribution in [0.15, 0.2) is 18.2 Å². The minimum Gasteiger partial charge on any atom is -0.496 e. The van der Waals surface area contributed by atoms with E-state index in [-0.39, 0.29) is 0 Å². The number of hydrogen-bond acceptors (Lipinski definition) is 1. The van der Waals surface area contributed by atoms with Crippen LogP contribution >= 0.6 is 0 Å². The second kappa shape index (κ2) is 8.18. The molecular weight excluding hydrogens is 220 g/mol.